The topological polar surface area (TPSA) is 62.0 Å². The number of benzene rings is 2. The molecule has 0 saturated heterocycles. The Morgan fingerprint density at radius 3 is 2.36 bits per heavy atom. The lowest BCUT2D eigenvalue weighted by Gasteiger charge is -2.15. The van der Waals surface area contributed by atoms with Crippen LogP contribution in [0.1, 0.15) is 57.6 Å². The van der Waals surface area contributed by atoms with Crippen LogP contribution >= 0.6 is 0 Å². The van der Waals surface area contributed by atoms with E-state index in [4.69, 9.17) is 0 Å². The van der Waals surface area contributed by atoms with Crippen LogP contribution in [0.4, 0.5) is 0 Å². The fourth-order valence-corrected chi connectivity index (χ4v) is 3.33. The van der Waals surface area contributed by atoms with Crippen LogP contribution in [0.25, 0.3) is 10.8 Å². The molecule has 0 unspecified atom stereocenters. The maximum atomic E-state index is 12.6. The van der Waals surface area contributed by atoms with Crippen LogP contribution in [-0.4, -0.2) is 16.7 Å². The van der Waals surface area contributed by atoms with Crippen LogP contribution in [0.5, 0.6) is 0 Å². The number of H-pyrrole nitrogens is 1. The smallest absolute Gasteiger partial charge is 0.268 e. The number of amides is 1. The molecule has 0 spiro atoms. The molecular weight excluding hydrogens is 312 g/mol. The van der Waals surface area contributed by atoms with Crippen molar-refractivity contribution < 1.29 is 9.59 Å². The summed E-state index contributed by atoms with van der Waals surface area (Å²) in [6.45, 7) is 7.09. The standard InChI is InChI=1S/C21H22N2O2/c1-12-19(15(4)24)14(3)22-20(12)21(25)23-13(2)17-10-9-16-7-5-6-8-18(16)11-17/h5-11,13,22H,1-4H3,(H,23,25)/t13-/m1/s1. The Hall–Kier alpha value is -2.88. The second-order valence-corrected chi connectivity index (χ2v) is 6.48. The lowest BCUT2D eigenvalue weighted by Crippen LogP contribution is -2.27. The molecule has 3 aromatic rings. The summed E-state index contributed by atoms with van der Waals surface area (Å²) < 4.78 is 0. The molecule has 0 radical (unpaired) electrons. The number of Topliss-reactive ketones (excluding diaryl/α,β-unsaturated/α-hetero) is 1. The molecule has 4 heteroatoms. The van der Waals surface area contributed by atoms with E-state index in [0.29, 0.717) is 16.8 Å². The van der Waals surface area contributed by atoms with Gasteiger partial charge in [0.2, 0.25) is 0 Å². The van der Waals surface area contributed by atoms with E-state index in [1.54, 1.807) is 6.92 Å². The van der Waals surface area contributed by atoms with Crippen molar-refractivity contribution in [3.8, 4) is 0 Å². The molecule has 128 valence electrons. The van der Waals surface area contributed by atoms with Gasteiger partial charge in [0.15, 0.2) is 5.78 Å². The van der Waals surface area contributed by atoms with E-state index in [1.165, 1.54) is 12.3 Å². The minimum atomic E-state index is -0.200. The zero-order valence-corrected chi connectivity index (χ0v) is 14.9. The van der Waals surface area contributed by atoms with Crippen molar-refractivity contribution in [1.82, 2.24) is 10.3 Å². The number of carbonyl (C=O) groups excluding carboxylic acids is 2. The molecule has 0 fully saturated rings. The highest BCUT2D eigenvalue weighted by molar-refractivity contribution is 6.02. The SMILES string of the molecule is CC(=O)c1c(C)[nH]c(C(=O)N[C@H](C)c2ccc3ccccc3c2)c1C. The molecule has 4 nitrogen and oxygen atoms in total. The highest BCUT2D eigenvalue weighted by atomic mass is 16.2. The van der Waals surface area contributed by atoms with E-state index in [1.807, 2.05) is 32.0 Å². The van der Waals surface area contributed by atoms with E-state index in [9.17, 15) is 9.59 Å². The van der Waals surface area contributed by atoms with Crippen molar-refractivity contribution in [2.75, 3.05) is 0 Å². The third-order valence-electron chi connectivity index (χ3n) is 4.64. The van der Waals surface area contributed by atoms with Crippen LogP contribution in [0, 0.1) is 13.8 Å². The van der Waals surface area contributed by atoms with Gasteiger partial charge in [-0.15, -0.1) is 0 Å². The Kier molecular flexibility index (Phi) is 4.45. The largest absolute Gasteiger partial charge is 0.354 e. The van der Waals surface area contributed by atoms with Gasteiger partial charge in [-0.3, -0.25) is 9.59 Å². The first-order chi connectivity index (χ1) is 11.9. The molecule has 0 aliphatic rings. The lowest BCUT2D eigenvalue weighted by molar-refractivity contribution is 0.0934. The van der Waals surface area contributed by atoms with Gasteiger partial charge < -0.3 is 10.3 Å². The molecule has 25 heavy (non-hydrogen) atoms. The highest BCUT2D eigenvalue weighted by Crippen LogP contribution is 2.22. The van der Waals surface area contributed by atoms with Crippen molar-refractivity contribution in [2.45, 2.75) is 33.7 Å². The predicted molar refractivity (Wildman–Crippen MR) is 100 cm³/mol. The molecule has 1 amide bonds. The summed E-state index contributed by atoms with van der Waals surface area (Å²) >= 11 is 0. The van der Waals surface area contributed by atoms with E-state index in [2.05, 4.69) is 34.6 Å². The number of rotatable bonds is 4. The maximum absolute atomic E-state index is 12.6. The molecule has 1 aromatic heterocycles. The number of hydrogen-bond donors (Lipinski definition) is 2. The minimum Gasteiger partial charge on any atom is -0.354 e. The third-order valence-corrected chi connectivity index (χ3v) is 4.64. The molecule has 2 N–H and O–H groups in total. The summed E-state index contributed by atoms with van der Waals surface area (Å²) in [5.74, 6) is -0.235. The van der Waals surface area contributed by atoms with Gasteiger partial charge in [-0.05, 0) is 55.7 Å². The number of hydrogen-bond acceptors (Lipinski definition) is 2. The molecule has 0 bridgehead atoms. The van der Waals surface area contributed by atoms with Crippen molar-refractivity contribution in [3.05, 3.63) is 70.5 Å². The van der Waals surface area contributed by atoms with Crippen LogP contribution < -0.4 is 5.32 Å². The average molecular weight is 334 g/mol. The monoisotopic (exact) mass is 334 g/mol. The Morgan fingerprint density at radius 2 is 1.72 bits per heavy atom. The number of nitrogens with one attached hydrogen (secondary N) is 2. The number of aromatic amines is 1. The first-order valence-electron chi connectivity index (χ1n) is 8.38. The number of fused-ring (bicyclic) bond motifs is 1. The number of carbonyl (C=O) groups is 2. The van der Waals surface area contributed by atoms with E-state index in [0.717, 1.165) is 16.6 Å². The van der Waals surface area contributed by atoms with Gasteiger partial charge in [0.1, 0.15) is 5.69 Å². The first-order valence-corrected chi connectivity index (χ1v) is 8.38. The molecule has 0 saturated carbocycles. The Bertz CT molecular complexity index is 969. The van der Waals surface area contributed by atoms with E-state index < -0.39 is 0 Å². The summed E-state index contributed by atoms with van der Waals surface area (Å²) in [5.41, 5.74) is 3.53. The van der Waals surface area contributed by atoms with Crippen LogP contribution in [-0.2, 0) is 0 Å². The van der Waals surface area contributed by atoms with Crippen molar-refractivity contribution in [3.63, 3.8) is 0 Å². The van der Waals surface area contributed by atoms with E-state index >= 15 is 0 Å². The fourth-order valence-electron chi connectivity index (χ4n) is 3.33. The predicted octanol–water partition coefficient (Wildman–Crippen LogP) is 4.48. The number of aryl methyl sites for hydroxylation is 1. The summed E-state index contributed by atoms with van der Waals surface area (Å²) in [7, 11) is 0. The van der Waals surface area contributed by atoms with Crippen molar-refractivity contribution >= 4 is 22.5 Å². The van der Waals surface area contributed by atoms with Gasteiger partial charge in [0.25, 0.3) is 5.91 Å². The van der Waals surface area contributed by atoms with Crippen LogP contribution in [0.15, 0.2) is 42.5 Å². The zero-order chi connectivity index (χ0) is 18.1. The zero-order valence-electron chi connectivity index (χ0n) is 14.9. The maximum Gasteiger partial charge on any atom is 0.268 e. The second kappa shape index (κ2) is 6.55. The Balaban J connectivity index is 1.84. The van der Waals surface area contributed by atoms with Gasteiger partial charge in [-0.2, -0.15) is 0 Å². The van der Waals surface area contributed by atoms with E-state index in [-0.39, 0.29) is 17.7 Å². The summed E-state index contributed by atoms with van der Waals surface area (Å²) in [5, 5.41) is 5.33. The molecular formula is C21H22N2O2. The average Bonchev–Trinajstić information content (AvgIpc) is 2.89. The molecule has 0 aliphatic carbocycles. The molecule has 1 atom stereocenters. The van der Waals surface area contributed by atoms with Gasteiger partial charge in [-0.1, -0.05) is 36.4 Å². The minimum absolute atomic E-state index is 0.0344. The number of aromatic nitrogens is 1. The summed E-state index contributed by atoms with van der Waals surface area (Å²) in [4.78, 5) is 27.4. The van der Waals surface area contributed by atoms with Gasteiger partial charge in [-0.25, -0.2) is 0 Å². The molecule has 0 aliphatic heterocycles. The van der Waals surface area contributed by atoms with Crippen LogP contribution in [0.2, 0.25) is 0 Å². The van der Waals surface area contributed by atoms with Crippen molar-refractivity contribution in [2.24, 2.45) is 0 Å². The number of ketones is 1. The molecule has 2 aromatic carbocycles. The van der Waals surface area contributed by atoms with Crippen molar-refractivity contribution in [1.29, 1.82) is 0 Å². The molecule has 3 rings (SSSR count). The molecule has 1 heterocycles. The Morgan fingerprint density at radius 1 is 1.04 bits per heavy atom. The van der Waals surface area contributed by atoms with Gasteiger partial charge in [0, 0.05) is 11.3 Å². The first kappa shape index (κ1) is 17.0. The highest BCUT2D eigenvalue weighted by Gasteiger charge is 2.21. The Labute approximate surface area is 147 Å². The third kappa shape index (κ3) is 3.20. The summed E-state index contributed by atoms with van der Waals surface area (Å²) in [6, 6.07) is 14.2. The normalized spacial score (nSPS) is 12.2. The quantitative estimate of drug-likeness (QED) is 0.691. The van der Waals surface area contributed by atoms with Gasteiger partial charge in [0.05, 0.1) is 6.04 Å². The lowest BCUT2D eigenvalue weighted by atomic mass is 10.0. The fraction of sp³-hybridized carbons (Fsp3) is 0.238. The van der Waals surface area contributed by atoms with Crippen LogP contribution in [0.3, 0.4) is 0 Å². The summed E-state index contributed by atoms with van der Waals surface area (Å²) in [6.07, 6.45) is 0. The second-order valence-electron chi connectivity index (χ2n) is 6.48. The van der Waals surface area contributed by atoms with Gasteiger partial charge >= 0.3 is 0 Å².